The number of carbonyl (C=O) groups is 3. The number of aromatic hydroxyl groups is 1. The Morgan fingerprint density at radius 1 is 1.26 bits per heavy atom. The molecule has 138 valence electrons. The highest BCUT2D eigenvalue weighted by molar-refractivity contribution is 6.00. The third-order valence-electron chi connectivity index (χ3n) is 4.68. The molecule has 8 nitrogen and oxygen atoms in total. The van der Waals surface area contributed by atoms with Crippen LogP contribution in [0, 0.1) is 0 Å². The van der Waals surface area contributed by atoms with Crippen LogP contribution in [0.4, 0.5) is 0 Å². The molecule has 1 unspecified atom stereocenters. The summed E-state index contributed by atoms with van der Waals surface area (Å²) in [6, 6.07) is 7.89. The molecule has 1 aromatic carbocycles. The summed E-state index contributed by atoms with van der Waals surface area (Å²) in [7, 11) is 0. The minimum absolute atomic E-state index is 0.0429. The SMILES string of the molecule is O=C1CCC(n2cc3c(CNC(=O)c4ccco4)cccc3c2O)C(=O)N1. The van der Waals surface area contributed by atoms with Crippen LogP contribution in [0.1, 0.15) is 35.0 Å². The number of piperidine rings is 1. The van der Waals surface area contributed by atoms with Gasteiger partial charge in [0.15, 0.2) is 11.6 Å². The molecule has 2 aromatic heterocycles. The Bertz CT molecular complexity index is 1040. The maximum absolute atomic E-state index is 12.1. The van der Waals surface area contributed by atoms with E-state index in [1.807, 2.05) is 6.07 Å². The molecule has 0 spiro atoms. The standard InChI is InChI=1S/C19H17N3O5/c23-16-7-6-14(17(24)21-16)22-10-13-11(3-1-4-12(13)19(22)26)9-20-18(25)15-5-2-8-27-15/h1-5,8,10,14,26H,6-7,9H2,(H,20,25)(H,21,23,24). The molecule has 0 radical (unpaired) electrons. The van der Waals surface area contributed by atoms with Crippen molar-refractivity contribution in [1.82, 2.24) is 15.2 Å². The molecule has 27 heavy (non-hydrogen) atoms. The van der Waals surface area contributed by atoms with Crippen LogP contribution in [0.15, 0.2) is 47.2 Å². The molecule has 3 aromatic rings. The highest BCUT2D eigenvalue weighted by atomic mass is 16.3. The minimum Gasteiger partial charge on any atom is -0.494 e. The Morgan fingerprint density at radius 3 is 2.85 bits per heavy atom. The number of hydrogen-bond acceptors (Lipinski definition) is 5. The number of benzene rings is 1. The van der Waals surface area contributed by atoms with Crippen molar-refractivity contribution < 1.29 is 23.9 Å². The maximum atomic E-state index is 12.1. The quantitative estimate of drug-likeness (QED) is 0.609. The molecule has 1 atom stereocenters. The number of amides is 3. The number of carbonyl (C=O) groups excluding carboxylic acids is 3. The second-order valence-electron chi connectivity index (χ2n) is 6.37. The summed E-state index contributed by atoms with van der Waals surface area (Å²) in [5.74, 6) is -0.918. The molecule has 3 N–H and O–H groups in total. The first-order chi connectivity index (χ1) is 13.0. The summed E-state index contributed by atoms with van der Waals surface area (Å²) in [5.41, 5.74) is 0.786. The van der Waals surface area contributed by atoms with Crippen LogP contribution in [0.5, 0.6) is 5.88 Å². The second-order valence-corrected chi connectivity index (χ2v) is 6.37. The second kappa shape index (κ2) is 6.64. The van der Waals surface area contributed by atoms with Crippen LogP contribution in [-0.2, 0) is 16.1 Å². The van der Waals surface area contributed by atoms with Gasteiger partial charge in [0.1, 0.15) is 6.04 Å². The first-order valence-corrected chi connectivity index (χ1v) is 8.51. The maximum Gasteiger partial charge on any atom is 0.287 e. The van der Waals surface area contributed by atoms with E-state index >= 15 is 0 Å². The van der Waals surface area contributed by atoms with Gasteiger partial charge in [-0.1, -0.05) is 12.1 Å². The van der Waals surface area contributed by atoms with Crippen molar-refractivity contribution in [3.05, 3.63) is 54.1 Å². The van der Waals surface area contributed by atoms with E-state index in [9.17, 15) is 19.5 Å². The lowest BCUT2D eigenvalue weighted by Crippen LogP contribution is -2.41. The first kappa shape index (κ1) is 16.9. The minimum atomic E-state index is -0.652. The molecule has 3 heterocycles. The number of rotatable bonds is 4. The zero-order valence-corrected chi connectivity index (χ0v) is 14.3. The van der Waals surface area contributed by atoms with Crippen LogP contribution >= 0.6 is 0 Å². The predicted molar refractivity (Wildman–Crippen MR) is 94.9 cm³/mol. The zero-order valence-electron chi connectivity index (χ0n) is 14.3. The summed E-state index contributed by atoms with van der Waals surface area (Å²) < 4.78 is 6.54. The number of imide groups is 1. The Morgan fingerprint density at radius 2 is 2.11 bits per heavy atom. The van der Waals surface area contributed by atoms with Gasteiger partial charge >= 0.3 is 0 Å². The van der Waals surface area contributed by atoms with E-state index in [1.54, 1.807) is 30.5 Å². The summed E-state index contributed by atoms with van der Waals surface area (Å²) in [6.45, 7) is 0.232. The Kier molecular flexibility index (Phi) is 4.15. The van der Waals surface area contributed by atoms with E-state index < -0.39 is 11.9 Å². The van der Waals surface area contributed by atoms with Gasteiger partial charge < -0.3 is 19.4 Å². The van der Waals surface area contributed by atoms with Crippen LogP contribution < -0.4 is 10.6 Å². The molecule has 1 fully saturated rings. The largest absolute Gasteiger partial charge is 0.494 e. The van der Waals surface area contributed by atoms with Crippen molar-refractivity contribution in [3.63, 3.8) is 0 Å². The fraction of sp³-hybridized carbons (Fsp3) is 0.211. The molecule has 1 saturated heterocycles. The zero-order chi connectivity index (χ0) is 19.0. The molecule has 1 aliphatic heterocycles. The third kappa shape index (κ3) is 3.05. The number of nitrogens with one attached hydrogen (secondary N) is 2. The predicted octanol–water partition coefficient (Wildman–Crippen LogP) is 1.85. The van der Waals surface area contributed by atoms with Gasteiger partial charge in [-0.15, -0.1) is 0 Å². The van der Waals surface area contributed by atoms with E-state index in [0.717, 1.165) is 10.9 Å². The van der Waals surface area contributed by atoms with Crippen molar-refractivity contribution in [3.8, 4) is 5.88 Å². The molecule has 1 aliphatic rings. The molecule has 0 aliphatic carbocycles. The summed E-state index contributed by atoms with van der Waals surface area (Å²) in [4.78, 5) is 35.6. The fourth-order valence-corrected chi connectivity index (χ4v) is 3.31. The van der Waals surface area contributed by atoms with E-state index in [4.69, 9.17) is 4.42 Å². The lowest BCUT2D eigenvalue weighted by molar-refractivity contribution is -0.135. The summed E-state index contributed by atoms with van der Waals surface area (Å²) in [6.07, 6.45) is 3.65. The van der Waals surface area contributed by atoms with Crippen molar-refractivity contribution >= 4 is 28.5 Å². The van der Waals surface area contributed by atoms with Crippen molar-refractivity contribution in [2.45, 2.75) is 25.4 Å². The Balaban J connectivity index is 1.62. The van der Waals surface area contributed by atoms with Gasteiger partial charge in [-0.3, -0.25) is 19.7 Å². The van der Waals surface area contributed by atoms with Gasteiger partial charge in [0.05, 0.1) is 6.26 Å². The monoisotopic (exact) mass is 367 g/mol. The fourth-order valence-electron chi connectivity index (χ4n) is 3.31. The molecule has 0 saturated carbocycles. The number of hydrogen-bond donors (Lipinski definition) is 3. The average Bonchev–Trinajstić information content (AvgIpc) is 3.29. The summed E-state index contributed by atoms with van der Waals surface area (Å²) >= 11 is 0. The highest BCUT2D eigenvalue weighted by Gasteiger charge is 2.30. The first-order valence-electron chi connectivity index (χ1n) is 8.51. The smallest absolute Gasteiger partial charge is 0.287 e. The average molecular weight is 367 g/mol. The van der Waals surface area contributed by atoms with Crippen LogP contribution in [0.2, 0.25) is 0 Å². The number of aromatic nitrogens is 1. The molecular formula is C19H17N3O5. The lowest BCUT2D eigenvalue weighted by atomic mass is 10.1. The molecule has 3 amide bonds. The number of fused-ring (bicyclic) bond motifs is 1. The van der Waals surface area contributed by atoms with Gasteiger partial charge in [0.2, 0.25) is 11.8 Å². The van der Waals surface area contributed by atoms with E-state index in [2.05, 4.69) is 10.6 Å². The van der Waals surface area contributed by atoms with E-state index in [-0.39, 0.29) is 36.4 Å². The third-order valence-corrected chi connectivity index (χ3v) is 4.68. The number of furan rings is 1. The Hall–Kier alpha value is -3.55. The van der Waals surface area contributed by atoms with Gasteiger partial charge in [0, 0.05) is 29.9 Å². The van der Waals surface area contributed by atoms with Gasteiger partial charge in [0.25, 0.3) is 5.91 Å². The van der Waals surface area contributed by atoms with Crippen LogP contribution in [0.3, 0.4) is 0 Å². The normalized spacial score (nSPS) is 17.1. The van der Waals surface area contributed by atoms with Gasteiger partial charge in [-0.25, -0.2) is 0 Å². The van der Waals surface area contributed by atoms with Gasteiger partial charge in [-0.05, 0) is 30.2 Å². The van der Waals surface area contributed by atoms with E-state index in [1.165, 1.54) is 10.8 Å². The van der Waals surface area contributed by atoms with Crippen LogP contribution in [-0.4, -0.2) is 27.4 Å². The molecular weight excluding hydrogens is 350 g/mol. The lowest BCUT2D eigenvalue weighted by Gasteiger charge is -2.22. The highest BCUT2D eigenvalue weighted by Crippen LogP contribution is 2.34. The molecule has 0 bridgehead atoms. The van der Waals surface area contributed by atoms with E-state index in [0.29, 0.717) is 11.8 Å². The molecule has 8 heteroatoms. The van der Waals surface area contributed by atoms with Crippen molar-refractivity contribution in [2.75, 3.05) is 0 Å². The number of nitrogens with zero attached hydrogens (tertiary/aromatic N) is 1. The van der Waals surface area contributed by atoms with Crippen molar-refractivity contribution in [1.29, 1.82) is 0 Å². The van der Waals surface area contributed by atoms with Gasteiger partial charge in [-0.2, -0.15) is 0 Å². The van der Waals surface area contributed by atoms with Crippen LogP contribution in [0.25, 0.3) is 10.8 Å². The topological polar surface area (TPSA) is 114 Å². The summed E-state index contributed by atoms with van der Waals surface area (Å²) in [5, 5.41) is 16.9. The van der Waals surface area contributed by atoms with Crippen molar-refractivity contribution in [2.24, 2.45) is 0 Å². The Labute approximate surface area is 153 Å². The molecule has 4 rings (SSSR count).